The quantitative estimate of drug-likeness (QED) is 0.727. The third kappa shape index (κ3) is 2.62. The summed E-state index contributed by atoms with van der Waals surface area (Å²) in [6, 6.07) is 10.8. The first-order chi connectivity index (χ1) is 10.1. The van der Waals surface area contributed by atoms with Crippen LogP contribution >= 0.6 is 22.7 Å². The fraction of sp³-hybridized carbons (Fsp3) is 0.125. The van der Waals surface area contributed by atoms with Crippen molar-refractivity contribution in [2.24, 2.45) is 0 Å². The molecule has 5 heteroatoms. The van der Waals surface area contributed by atoms with Crippen LogP contribution < -0.4 is 0 Å². The van der Waals surface area contributed by atoms with Gasteiger partial charge in [0, 0.05) is 15.0 Å². The van der Waals surface area contributed by atoms with Gasteiger partial charge in [0.1, 0.15) is 0 Å². The summed E-state index contributed by atoms with van der Waals surface area (Å²) in [5.41, 5.74) is 1.18. The minimum atomic E-state index is -0.892. The van der Waals surface area contributed by atoms with E-state index < -0.39 is 11.9 Å². The average Bonchev–Trinajstić information content (AvgIpc) is 3.07. The first-order valence-electron chi connectivity index (χ1n) is 6.41. The van der Waals surface area contributed by atoms with Gasteiger partial charge in [0.25, 0.3) is 0 Å². The summed E-state index contributed by atoms with van der Waals surface area (Å²) < 4.78 is 2.22. The van der Waals surface area contributed by atoms with Crippen LogP contribution in [0.1, 0.15) is 33.6 Å². The Balaban J connectivity index is 1.96. The Morgan fingerprint density at radius 2 is 1.95 bits per heavy atom. The summed E-state index contributed by atoms with van der Waals surface area (Å²) in [4.78, 5) is 24.3. The highest BCUT2D eigenvalue weighted by Crippen LogP contribution is 2.31. The molecule has 0 bridgehead atoms. The van der Waals surface area contributed by atoms with E-state index in [9.17, 15) is 9.59 Å². The normalized spacial score (nSPS) is 12.4. The number of hydrogen-bond acceptors (Lipinski definition) is 4. The molecule has 0 aliphatic heterocycles. The highest BCUT2D eigenvalue weighted by molar-refractivity contribution is 7.28. The van der Waals surface area contributed by atoms with Crippen LogP contribution in [0.5, 0.6) is 0 Å². The zero-order chi connectivity index (χ0) is 15.0. The maximum absolute atomic E-state index is 12.5. The summed E-state index contributed by atoms with van der Waals surface area (Å²) in [6.07, 6.45) is 0. The molecular weight excluding hydrogens is 304 g/mol. The maximum atomic E-state index is 12.5. The summed E-state index contributed by atoms with van der Waals surface area (Å²) >= 11 is 3.09. The molecule has 0 spiro atoms. The summed E-state index contributed by atoms with van der Waals surface area (Å²) in [6.45, 7) is 1.62. The number of carboxylic acids is 1. The molecule has 2 aromatic heterocycles. The van der Waals surface area contributed by atoms with E-state index >= 15 is 0 Å². The Hall–Kier alpha value is -1.98. The Morgan fingerprint density at radius 1 is 1.14 bits per heavy atom. The lowest BCUT2D eigenvalue weighted by Crippen LogP contribution is -2.08. The summed E-state index contributed by atoms with van der Waals surface area (Å²) in [5, 5.41) is 11.1. The van der Waals surface area contributed by atoms with Gasteiger partial charge in [-0.05, 0) is 36.1 Å². The monoisotopic (exact) mass is 316 g/mol. The lowest BCUT2D eigenvalue weighted by molar-refractivity contribution is -0.138. The van der Waals surface area contributed by atoms with Gasteiger partial charge >= 0.3 is 5.97 Å². The first-order valence-corrected chi connectivity index (χ1v) is 8.10. The molecule has 106 valence electrons. The number of carbonyl (C=O) groups is 2. The van der Waals surface area contributed by atoms with Gasteiger partial charge in [-0.15, -0.1) is 22.7 Å². The van der Waals surface area contributed by atoms with Crippen LogP contribution in [0.25, 0.3) is 9.40 Å². The molecule has 3 rings (SSSR count). The molecule has 0 aliphatic rings. The molecule has 1 N–H and O–H groups in total. The number of rotatable bonds is 4. The molecule has 1 atom stereocenters. The largest absolute Gasteiger partial charge is 0.481 e. The van der Waals surface area contributed by atoms with E-state index in [-0.39, 0.29) is 5.78 Å². The van der Waals surface area contributed by atoms with Crippen LogP contribution in [0.3, 0.4) is 0 Å². The van der Waals surface area contributed by atoms with Crippen molar-refractivity contribution in [3.05, 3.63) is 57.8 Å². The van der Waals surface area contributed by atoms with Gasteiger partial charge in [-0.25, -0.2) is 0 Å². The Labute approximate surface area is 129 Å². The van der Waals surface area contributed by atoms with E-state index in [0.717, 1.165) is 9.40 Å². The second-order valence-corrected chi connectivity index (χ2v) is 6.81. The molecule has 0 fully saturated rings. The van der Waals surface area contributed by atoms with Crippen LogP contribution in [0, 0.1) is 0 Å². The topological polar surface area (TPSA) is 54.4 Å². The zero-order valence-electron chi connectivity index (χ0n) is 11.2. The van der Waals surface area contributed by atoms with Crippen molar-refractivity contribution in [3.8, 4) is 0 Å². The van der Waals surface area contributed by atoms with Crippen molar-refractivity contribution in [2.75, 3.05) is 0 Å². The van der Waals surface area contributed by atoms with E-state index in [4.69, 9.17) is 5.11 Å². The van der Waals surface area contributed by atoms with Gasteiger partial charge < -0.3 is 5.11 Å². The van der Waals surface area contributed by atoms with Crippen LogP contribution in [0.2, 0.25) is 0 Å². The fourth-order valence-electron chi connectivity index (χ4n) is 2.11. The Morgan fingerprint density at radius 3 is 2.67 bits per heavy atom. The molecule has 0 saturated heterocycles. The molecule has 0 aliphatic carbocycles. The van der Waals surface area contributed by atoms with Crippen molar-refractivity contribution in [2.45, 2.75) is 12.8 Å². The molecule has 1 unspecified atom stereocenters. The number of carboxylic acid groups (broad SMARTS) is 1. The van der Waals surface area contributed by atoms with Crippen LogP contribution in [-0.2, 0) is 4.79 Å². The van der Waals surface area contributed by atoms with Gasteiger partial charge in [-0.2, -0.15) is 0 Å². The highest BCUT2D eigenvalue weighted by Gasteiger charge is 2.17. The number of hydrogen-bond donors (Lipinski definition) is 1. The number of benzene rings is 1. The van der Waals surface area contributed by atoms with Crippen LogP contribution in [-0.4, -0.2) is 16.9 Å². The molecule has 0 saturated carbocycles. The predicted octanol–water partition coefficient (Wildman–Crippen LogP) is 4.38. The van der Waals surface area contributed by atoms with E-state index in [1.807, 2.05) is 17.5 Å². The van der Waals surface area contributed by atoms with Crippen molar-refractivity contribution in [1.82, 2.24) is 0 Å². The zero-order valence-corrected chi connectivity index (χ0v) is 12.8. The van der Waals surface area contributed by atoms with Crippen molar-refractivity contribution in [1.29, 1.82) is 0 Å². The maximum Gasteiger partial charge on any atom is 0.310 e. The lowest BCUT2D eigenvalue weighted by atomic mass is 9.97. The van der Waals surface area contributed by atoms with Crippen molar-refractivity contribution in [3.63, 3.8) is 0 Å². The first kappa shape index (κ1) is 14.0. The van der Waals surface area contributed by atoms with Gasteiger partial charge in [0.05, 0.1) is 10.8 Å². The summed E-state index contributed by atoms with van der Waals surface area (Å²) in [7, 11) is 0. The average molecular weight is 316 g/mol. The Bertz CT molecular complexity index is 800. The minimum absolute atomic E-state index is 0.0529. The smallest absolute Gasteiger partial charge is 0.310 e. The molecule has 0 radical (unpaired) electrons. The second kappa shape index (κ2) is 5.42. The van der Waals surface area contributed by atoms with E-state index in [1.54, 1.807) is 42.5 Å². The van der Waals surface area contributed by atoms with Gasteiger partial charge in [0.2, 0.25) is 5.78 Å². The fourth-order valence-corrected chi connectivity index (χ4v) is 4.18. The molecule has 0 amide bonds. The number of carbonyl (C=O) groups excluding carboxylic acids is 1. The highest BCUT2D eigenvalue weighted by atomic mass is 32.1. The molecule has 1 aromatic carbocycles. The number of fused-ring (bicyclic) bond motifs is 1. The Kier molecular flexibility index (Phi) is 3.61. The van der Waals surface area contributed by atoms with E-state index in [1.165, 1.54) is 11.3 Å². The second-order valence-electron chi connectivity index (χ2n) is 4.77. The number of thiophene rings is 2. The van der Waals surface area contributed by atoms with Gasteiger partial charge in [-0.1, -0.05) is 18.2 Å². The number of aliphatic carboxylic acids is 1. The molecule has 21 heavy (non-hydrogen) atoms. The predicted molar refractivity (Wildman–Crippen MR) is 85.6 cm³/mol. The SMILES string of the molecule is CC(C(=O)O)c1cccc(C(=O)c2cc3sccc3s2)c1. The molecule has 3 aromatic rings. The van der Waals surface area contributed by atoms with E-state index in [2.05, 4.69) is 0 Å². The molecule has 2 heterocycles. The van der Waals surface area contributed by atoms with Crippen LogP contribution in [0.4, 0.5) is 0 Å². The molecule has 3 nitrogen and oxygen atoms in total. The standard InChI is InChI=1S/C16H12O3S2/c1-9(16(18)19)10-3-2-4-11(7-10)15(17)14-8-13-12(21-14)5-6-20-13/h2-9H,1H3,(H,18,19). The van der Waals surface area contributed by atoms with Crippen molar-refractivity contribution < 1.29 is 14.7 Å². The van der Waals surface area contributed by atoms with E-state index in [0.29, 0.717) is 16.0 Å². The third-order valence-corrected chi connectivity index (χ3v) is 5.47. The number of ketones is 1. The molecular formula is C16H12O3S2. The van der Waals surface area contributed by atoms with Gasteiger partial charge in [-0.3, -0.25) is 9.59 Å². The summed E-state index contributed by atoms with van der Waals surface area (Å²) in [5.74, 6) is -1.57. The minimum Gasteiger partial charge on any atom is -0.481 e. The van der Waals surface area contributed by atoms with Crippen LogP contribution in [0.15, 0.2) is 41.8 Å². The lowest BCUT2D eigenvalue weighted by Gasteiger charge is -2.07. The third-order valence-electron chi connectivity index (χ3n) is 3.38. The van der Waals surface area contributed by atoms with Gasteiger partial charge in [0.15, 0.2) is 0 Å². The van der Waals surface area contributed by atoms with Crippen molar-refractivity contribution >= 4 is 43.8 Å².